The quantitative estimate of drug-likeness (QED) is 0.781. The van der Waals surface area contributed by atoms with Crippen LogP contribution in [0.1, 0.15) is 25.7 Å². The molecule has 0 saturated carbocycles. The summed E-state index contributed by atoms with van der Waals surface area (Å²) in [5.41, 5.74) is 2.81. The van der Waals surface area contributed by atoms with Crippen molar-refractivity contribution in [2.45, 2.75) is 30.9 Å². The number of amides is 2. The summed E-state index contributed by atoms with van der Waals surface area (Å²) in [6.45, 7) is 2.85. The molecule has 3 unspecified atom stereocenters. The number of hydrogen-bond acceptors (Lipinski definition) is 4. The Morgan fingerprint density at radius 2 is 1.77 bits per heavy atom. The van der Waals surface area contributed by atoms with Crippen LogP contribution in [0.25, 0.3) is 0 Å². The Bertz CT molecular complexity index is 894. The Morgan fingerprint density at radius 3 is 2.39 bits per heavy atom. The van der Waals surface area contributed by atoms with Gasteiger partial charge in [-0.25, -0.2) is 9.18 Å². The molecule has 7 heteroatoms. The summed E-state index contributed by atoms with van der Waals surface area (Å²) in [6.07, 6.45) is 1.12. The first-order valence-electron chi connectivity index (χ1n) is 10.9. The van der Waals surface area contributed by atoms with Crippen LogP contribution in [-0.2, 0) is 0 Å². The second-order valence-electron chi connectivity index (χ2n) is 8.79. The second kappa shape index (κ2) is 9.24. The van der Waals surface area contributed by atoms with Gasteiger partial charge in [-0.2, -0.15) is 0 Å². The van der Waals surface area contributed by atoms with Gasteiger partial charge in [0.1, 0.15) is 5.82 Å². The van der Waals surface area contributed by atoms with Gasteiger partial charge in [0.2, 0.25) is 0 Å². The highest BCUT2D eigenvalue weighted by molar-refractivity contribution is 5.89. The van der Waals surface area contributed by atoms with E-state index < -0.39 is 6.10 Å². The van der Waals surface area contributed by atoms with Crippen molar-refractivity contribution in [2.24, 2.45) is 0 Å². The fourth-order valence-electron chi connectivity index (χ4n) is 4.57. The van der Waals surface area contributed by atoms with Gasteiger partial charge in [-0.05, 0) is 68.9 Å². The average molecular weight is 429 g/mol. The maximum Gasteiger partial charge on any atom is 0.321 e. The number of carbonyl (C=O) groups is 1. The Morgan fingerprint density at radius 1 is 1.06 bits per heavy atom. The minimum Gasteiger partial charge on any atom is -0.391 e. The van der Waals surface area contributed by atoms with E-state index in [2.05, 4.69) is 29.2 Å². The highest BCUT2D eigenvalue weighted by Crippen LogP contribution is 2.29. The number of β-amino-alcohol motifs (C(OH)–C–C–N with tert-alkyl or cyclic N) is 1. The van der Waals surface area contributed by atoms with Crippen molar-refractivity contribution in [3.63, 3.8) is 0 Å². The maximum atomic E-state index is 13.2. The molecule has 0 aliphatic carbocycles. The molecule has 31 heavy (non-hydrogen) atoms. The number of likely N-dealkylation sites (N-methyl/N-ethyl adjacent to an activating group) is 1. The molecule has 2 fully saturated rings. The van der Waals surface area contributed by atoms with Crippen LogP contribution in [0.3, 0.4) is 0 Å². The van der Waals surface area contributed by atoms with Crippen LogP contribution in [-0.4, -0.2) is 73.4 Å². The Kier molecular flexibility index (Phi) is 6.43. The molecule has 2 aliphatic heterocycles. The molecule has 6 nitrogen and oxygen atoms in total. The van der Waals surface area contributed by atoms with Crippen LogP contribution in [0.4, 0.5) is 20.6 Å². The second-order valence-corrected chi connectivity index (χ2v) is 8.79. The lowest BCUT2D eigenvalue weighted by Crippen LogP contribution is -2.47. The van der Waals surface area contributed by atoms with Gasteiger partial charge >= 0.3 is 6.03 Å². The van der Waals surface area contributed by atoms with E-state index in [9.17, 15) is 14.3 Å². The molecule has 2 heterocycles. The Balaban J connectivity index is 0.00000289. The number of benzene rings is 2. The normalized spacial score (nSPS) is 24.0. The van der Waals surface area contributed by atoms with Crippen molar-refractivity contribution in [2.75, 3.05) is 50.5 Å². The molecule has 2 saturated heterocycles. The van der Waals surface area contributed by atoms with Gasteiger partial charge in [0.25, 0.3) is 0 Å². The zero-order valence-corrected chi connectivity index (χ0v) is 18.2. The van der Waals surface area contributed by atoms with Crippen molar-refractivity contribution in [1.82, 2.24) is 9.80 Å². The summed E-state index contributed by atoms with van der Waals surface area (Å²) in [5.74, 6) is -0.376. The number of nitrogens with zero attached hydrogens (tertiary/aromatic N) is 3. The van der Waals surface area contributed by atoms with Gasteiger partial charge in [0.15, 0.2) is 0 Å². The summed E-state index contributed by atoms with van der Waals surface area (Å²) >= 11 is 0. The van der Waals surface area contributed by atoms with Crippen LogP contribution in [0.5, 0.6) is 0 Å². The number of aliphatic hydroxyl groups is 1. The number of rotatable bonds is 4. The van der Waals surface area contributed by atoms with Gasteiger partial charge in [-0.3, -0.25) is 0 Å². The highest BCUT2D eigenvalue weighted by Gasteiger charge is 2.31. The molecule has 2 aliphatic rings. The van der Waals surface area contributed by atoms with Gasteiger partial charge in [0, 0.05) is 50.9 Å². The highest BCUT2D eigenvalue weighted by atomic mass is 19.1. The lowest BCUT2D eigenvalue weighted by atomic mass is 9.87. The monoisotopic (exact) mass is 428 g/mol. The molecule has 0 radical (unpaired) electrons. The van der Waals surface area contributed by atoms with Crippen LogP contribution in [0.15, 0.2) is 48.5 Å². The van der Waals surface area contributed by atoms with Crippen LogP contribution < -0.4 is 10.2 Å². The number of aliphatic hydroxyl groups excluding tert-OH is 1. The van der Waals surface area contributed by atoms with Crippen LogP contribution in [0, 0.1) is 5.82 Å². The molecule has 0 spiro atoms. The van der Waals surface area contributed by atoms with Crippen molar-refractivity contribution >= 4 is 17.4 Å². The molecule has 0 bridgehead atoms. The molecular formula is C24H33FN4O2. The van der Waals surface area contributed by atoms with Crippen molar-refractivity contribution in [3.8, 4) is 0 Å². The fourth-order valence-corrected chi connectivity index (χ4v) is 4.57. The molecule has 2 amide bonds. The molecule has 2 N–H and O–H groups in total. The predicted molar refractivity (Wildman–Crippen MR) is 123 cm³/mol. The van der Waals surface area contributed by atoms with Crippen LogP contribution >= 0.6 is 0 Å². The van der Waals surface area contributed by atoms with Crippen molar-refractivity contribution in [3.05, 3.63) is 59.9 Å². The zero-order valence-electron chi connectivity index (χ0n) is 18.2. The van der Waals surface area contributed by atoms with Crippen molar-refractivity contribution < 1.29 is 15.7 Å². The first-order valence-corrected chi connectivity index (χ1v) is 10.9. The summed E-state index contributed by atoms with van der Waals surface area (Å²) in [7, 11) is 4.23. The van der Waals surface area contributed by atoms with E-state index in [1.54, 1.807) is 17.0 Å². The number of nitrogens with one attached hydrogen (secondary N) is 1. The maximum absolute atomic E-state index is 13.2. The molecule has 3 atom stereocenters. The number of urea groups is 1. The third-order valence-corrected chi connectivity index (χ3v) is 6.54. The minimum atomic E-state index is -0.674. The molecule has 0 aromatic heterocycles. The Hall–Kier alpha value is -2.64. The molecule has 168 valence electrons. The van der Waals surface area contributed by atoms with Crippen molar-refractivity contribution in [1.29, 1.82) is 0 Å². The van der Waals surface area contributed by atoms with E-state index in [0.29, 0.717) is 19.0 Å². The third kappa shape index (κ3) is 4.99. The van der Waals surface area contributed by atoms with E-state index in [1.165, 1.54) is 12.1 Å². The standard InChI is InChI=1S/C24H31FN4O2.H2/c1-27(2)21-11-13-28(15-21)20-9-7-19(8-10-20)26-24(31)29-14-12-22(23(30)16-29)17-3-5-18(25)6-4-17;/h3-10,21-23,30H,11-16H2,1-2H3,(H,26,31);1H. The Labute approximate surface area is 184 Å². The zero-order chi connectivity index (χ0) is 22.0. The number of anilines is 2. The van der Waals surface area contributed by atoms with E-state index >= 15 is 0 Å². The average Bonchev–Trinajstić information content (AvgIpc) is 3.26. The molecule has 2 aromatic carbocycles. The van der Waals surface area contributed by atoms with E-state index in [0.717, 1.165) is 36.4 Å². The third-order valence-electron chi connectivity index (χ3n) is 6.54. The fraction of sp³-hybridized carbons (Fsp3) is 0.458. The molecular weight excluding hydrogens is 395 g/mol. The molecule has 2 aromatic rings. The number of likely N-dealkylation sites (tertiary alicyclic amines) is 1. The summed E-state index contributed by atoms with van der Waals surface area (Å²) in [5, 5.41) is 13.5. The topological polar surface area (TPSA) is 59.0 Å². The SMILES string of the molecule is CN(C)C1CCN(c2ccc(NC(=O)N3CCC(c4ccc(F)cc4)C(O)C3)cc2)C1.[HH]. The lowest BCUT2D eigenvalue weighted by molar-refractivity contribution is 0.0688. The first-order chi connectivity index (χ1) is 14.9. The van der Waals surface area contributed by atoms with Gasteiger partial charge in [-0.1, -0.05) is 12.1 Å². The summed E-state index contributed by atoms with van der Waals surface area (Å²) in [6, 6.07) is 14.6. The van der Waals surface area contributed by atoms with Crippen LogP contribution in [0.2, 0.25) is 0 Å². The predicted octanol–water partition coefficient (Wildman–Crippen LogP) is 3.59. The van der Waals surface area contributed by atoms with Gasteiger partial charge in [0.05, 0.1) is 6.10 Å². The van der Waals surface area contributed by atoms with E-state index in [4.69, 9.17) is 0 Å². The largest absolute Gasteiger partial charge is 0.391 e. The minimum absolute atomic E-state index is 0. The van der Waals surface area contributed by atoms with Gasteiger partial charge in [-0.15, -0.1) is 0 Å². The number of piperidine rings is 1. The molecule has 4 rings (SSSR count). The lowest BCUT2D eigenvalue weighted by Gasteiger charge is -2.36. The number of halogens is 1. The summed E-state index contributed by atoms with van der Waals surface area (Å²) in [4.78, 5) is 19.0. The van der Waals surface area contributed by atoms with E-state index in [1.807, 2.05) is 24.3 Å². The van der Waals surface area contributed by atoms with E-state index in [-0.39, 0.29) is 25.7 Å². The number of hydrogen-bond donors (Lipinski definition) is 2. The van der Waals surface area contributed by atoms with Gasteiger partial charge < -0.3 is 25.1 Å². The summed E-state index contributed by atoms with van der Waals surface area (Å²) < 4.78 is 13.2. The first kappa shape index (κ1) is 21.6. The smallest absolute Gasteiger partial charge is 0.321 e. The number of carbonyl (C=O) groups excluding carboxylic acids is 1.